The van der Waals surface area contributed by atoms with Gasteiger partial charge in [0.2, 0.25) is 0 Å². The van der Waals surface area contributed by atoms with E-state index in [0.29, 0.717) is 0 Å². The van der Waals surface area contributed by atoms with Crippen molar-refractivity contribution in [1.29, 1.82) is 0 Å². The van der Waals surface area contributed by atoms with Crippen molar-refractivity contribution in [2.24, 2.45) is 0 Å². The molecule has 1 amide bonds. The van der Waals surface area contributed by atoms with Crippen molar-refractivity contribution in [3.8, 4) is 0 Å². The first-order chi connectivity index (χ1) is 13.2. The van der Waals surface area contributed by atoms with E-state index in [1.54, 1.807) is 16.2 Å². The van der Waals surface area contributed by atoms with Gasteiger partial charge in [0.15, 0.2) is 0 Å². The van der Waals surface area contributed by atoms with Gasteiger partial charge in [0, 0.05) is 16.0 Å². The van der Waals surface area contributed by atoms with Gasteiger partial charge in [-0.15, -0.1) is 11.3 Å². The Hall–Kier alpha value is -1.69. The number of thiophene rings is 1. The number of nitrogens with two attached hydrogens (primary N) is 1. The smallest absolute Gasteiger partial charge is 0.256 e. The SMILES string of the molecule is CC[NH+](CC)CC[NH2+]Cc1c(NC(=O)c2ccccc2)sc2c1CCCC2. The molecule has 4 N–H and O–H groups in total. The van der Waals surface area contributed by atoms with E-state index in [0.717, 1.165) is 36.5 Å². The fraction of sp³-hybridized carbons (Fsp3) is 0.500. The third kappa shape index (κ3) is 5.18. The first-order valence-electron chi connectivity index (χ1n) is 10.4. The standard InChI is InChI=1S/C22H31N3OS/c1-3-25(4-2)15-14-23-16-19-18-12-8-9-13-20(18)27-22(19)24-21(26)17-10-6-5-7-11-17/h5-7,10-11,23H,3-4,8-9,12-16H2,1-2H3,(H,24,26)/p+2. The van der Waals surface area contributed by atoms with Crippen molar-refractivity contribution >= 4 is 22.2 Å². The van der Waals surface area contributed by atoms with Crippen molar-refractivity contribution < 1.29 is 15.0 Å². The molecule has 1 aliphatic rings. The molecule has 0 fully saturated rings. The number of rotatable bonds is 9. The van der Waals surface area contributed by atoms with Crippen LogP contribution < -0.4 is 15.5 Å². The summed E-state index contributed by atoms with van der Waals surface area (Å²) in [4.78, 5) is 15.8. The summed E-state index contributed by atoms with van der Waals surface area (Å²) >= 11 is 1.80. The number of likely N-dealkylation sites (N-methyl/N-ethyl adjacent to an activating group) is 1. The van der Waals surface area contributed by atoms with Crippen LogP contribution in [0.1, 0.15) is 53.1 Å². The largest absolute Gasteiger partial charge is 0.338 e. The average Bonchev–Trinajstić information content (AvgIpc) is 3.06. The van der Waals surface area contributed by atoms with Crippen LogP contribution in [0.15, 0.2) is 30.3 Å². The van der Waals surface area contributed by atoms with Gasteiger partial charge in [-0.2, -0.15) is 0 Å². The molecule has 3 rings (SSSR count). The second-order valence-corrected chi connectivity index (χ2v) is 8.43. The zero-order valence-corrected chi connectivity index (χ0v) is 17.5. The Morgan fingerprint density at radius 3 is 2.63 bits per heavy atom. The lowest BCUT2D eigenvalue weighted by Gasteiger charge is -2.15. The van der Waals surface area contributed by atoms with E-state index in [1.807, 2.05) is 30.3 Å². The highest BCUT2D eigenvalue weighted by molar-refractivity contribution is 7.16. The first-order valence-corrected chi connectivity index (χ1v) is 11.2. The molecule has 0 saturated heterocycles. The topological polar surface area (TPSA) is 50.1 Å². The second kappa shape index (κ2) is 10.0. The summed E-state index contributed by atoms with van der Waals surface area (Å²) in [5.74, 6) is 0.00281. The zero-order valence-electron chi connectivity index (χ0n) is 16.6. The summed E-state index contributed by atoms with van der Waals surface area (Å²) in [6.45, 7) is 10.2. The predicted octanol–water partition coefficient (Wildman–Crippen LogP) is 1.87. The maximum absolute atomic E-state index is 12.7. The number of aryl methyl sites for hydroxylation is 1. The van der Waals surface area contributed by atoms with E-state index < -0.39 is 0 Å². The molecule has 0 aliphatic heterocycles. The molecule has 5 heteroatoms. The minimum atomic E-state index is 0.00281. The molecule has 0 saturated carbocycles. The lowest BCUT2D eigenvalue weighted by Crippen LogP contribution is -3.14. The molecule has 1 aromatic carbocycles. The molecule has 1 aromatic heterocycles. The number of carbonyl (C=O) groups excluding carboxylic acids is 1. The Kier molecular flexibility index (Phi) is 7.44. The van der Waals surface area contributed by atoms with Crippen LogP contribution >= 0.6 is 11.3 Å². The number of hydrogen-bond acceptors (Lipinski definition) is 2. The van der Waals surface area contributed by atoms with Crippen LogP contribution in [0.5, 0.6) is 0 Å². The summed E-state index contributed by atoms with van der Waals surface area (Å²) in [5, 5.41) is 6.70. The quantitative estimate of drug-likeness (QED) is 0.565. The minimum absolute atomic E-state index is 0.00281. The summed E-state index contributed by atoms with van der Waals surface area (Å²) in [5.41, 5.74) is 3.61. The second-order valence-electron chi connectivity index (χ2n) is 7.33. The van der Waals surface area contributed by atoms with Crippen molar-refractivity contribution in [2.75, 3.05) is 31.5 Å². The van der Waals surface area contributed by atoms with Crippen LogP contribution in [0.2, 0.25) is 0 Å². The number of anilines is 1. The molecule has 0 radical (unpaired) electrons. The molecule has 4 nitrogen and oxygen atoms in total. The molecule has 1 heterocycles. The molecule has 0 spiro atoms. The van der Waals surface area contributed by atoms with Crippen LogP contribution in [0.3, 0.4) is 0 Å². The Bertz CT molecular complexity index is 738. The molecule has 146 valence electrons. The van der Waals surface area contributed by atoms with E-state index in [9.17, 15) is 4.79 Å². The normalized spacial score (nSPS) is 13.6. The first kappa shape index (κ1) is 20.1. The van der Waals surface area contributed by atoms with Crippen LogP contribution in [0.4, 0.5) is 5.00 Å². The molecule has 27 heavy (non-hydrogen) atoms. The molecular weight excluding hydrogens is 354 g/mol. The molecule has 1 aliphatic carbocycles. The summed E-state index contributed by atoms with van der Waals surface area (Å²) < 4.78 is 0. The Balaban J connectivity index is 1.69. The van der Waals surface area contributed by atoms with Gasteiger partial charge >= 0.3 is 0 Å². The third-order valence-electron chi connectivity index (χ3n) is 5.59. The number of fused-ring (bicyclic) bond motifs is 1. The Morgan fingerprint density at radius 1 is 1.15 bits per heavy atom. The maximum atomic E-state index is 12.7. The molecular formula is C22H33N3OS+2. The molecule has 0 unspecified atom stereocenters. The summed E-state index contributed by atoms with van der Waals surface area (Å²) in [6.07, 6.45) is 4.87. The average molecular weight is 388 g/mol. The fourth-order valence-corrected chi connectivity index (χ4v) is 5.18. The van der Waals surface area contributed by atoms with Gasteiger partial charge in [0.25, 0.3) is 5.91 Å². The molecule has 2 aromatic rings. The summed E-state index contributed by atoms with van der Waals surface area (Å²) in [6, 6.07) is 9.53. The van der Waals surface area contributed by atoms with Crippen LogP contribution in [0.25, 0.3) is 0 Å². The highest BCUT2D eigenvalue weighted by atomic mass is 32.1. The monoisotopic (exact) mass is 387 g/mol. The summed E-state index contributed by atoms with van der Waals surface area (Å²) in [7, 11) is 0. The van der Waals surface area contributed by atoms with E-state index in [1.165, 1.54) is 48.5 Å². The number of carbonyl (C=O) groups is 1. The van der Waals surface area contributed by atoms with E-state index in [4.69, 9.17) is 0 Å². The van der Waals surface area contributed by atoms with E-state index in [-0.39, 0.29) is 5.91 Å². The van der Waals surface area contributed by atoms with Gasteiger partial charge in [0.05, 0.1) is 13.1 Å². The van der Waals surface area contributed by atoms with Crippen molar-refractivity contribution in [2.45, 2.75) is 46.1 Å². The zero-order chi connectivity index (χ0) is 19.1. The van der Waals surface area contributed by atoms with E-state index in [2.05, 4.69) is 24.5 Å². The number of benzene rings is 1. The highest BCUT2D eigenvalue weighted by Crippen LogP contribution is 2.37. The molecule has 0 atom stereocenters. The van der Waals surface area contributed by atoms with Crippen LogP contribution in [-0.2, 0) is 19.4 Å². The fourth-order valence-electron chi connectivity index (χ4n) is 3.87. The van der Waals surface area contributed by atoms with Gasteiger partial charge in [-0.1, -0.05) is 18.2 Å². The van der Waals surface area contributed by atoms with Gasteiger partial charge in [-0.3, -0.25) is 4.79 Å². The lowest BCUT2D eigenvalue weighted by molar-refractivity contribution is -0.910. The number of amides is 1. The Labute approximate surface area is 167 Å². The lowest BCUT2D eigenvalue weighted by atomic mass is 9.95. The van der Waals surface area contributed by atoms with Gasteiger partial charge < -0.3 is 15.5 Å². The highest BCUT2D eigenvalue weighted by Gasteiger charge is 2.23. The predicted molar refractivity (Wildman–Crippen MR) is 113 cm³/mol. The number of hydrogen-bond donors (Lipinski definition) is 3. The molecule has 0 bridgehead atoms. The van der Waals surface area contributed by atoms with Crippen molar-refractivity contribution in [3.63, 3.8) is 0 Å². The van der Waals surface area contributed by atoms with Crippen molar-refractivity contribution in [1.82, 2.24) is 0 Å². The van der Waals surface area contributed by atoms with Crippen LogP contribution in [-0.4, -0.2) is 32.1 Å². The number of quaternary nitrogens is 2. The number of nitrogens with one attached hydrogen (secondary N) is 2. The van der Waals surface area contributed by atoms with Crippen molar-refractivity contribution in [3.05, 3.63) is 51.9 Å². The maximum Gasteiger partial charge on any atom is 0.256 e. The van der Waals surface area contributed by atoms with Crippen LogP contribution in [0, 0.1) is 0 Å². The minimum Gasteiger partial charge on any atom is -0.338 e. The van der Waals surface area contributed by atoms with Gasteiger partial charge in [-0.25, -0.2) is 0 Å². The van der Waals surface area contributed by atoms with E-state index >= 15 is 0 Å². The third-order valence-corrected chi connectivity index (χ3v) is 6.84. The Morgan fingerprint density at radius 2 is 1.89 bits per heavy atom. The van der Waals surface area contributed by atoms with Gasteiger partial charge in [0.1, 0.15) is 24.6 Å². The van der Waals surface area contributed by atoms with Gasteiger partial charge in [-0.05, 0) is 57.2 Å².